The monoisotopic (exact) mass is 368 g/mol. The summed E-state index contributed by atoms with van der Waals surface area (Å²) in [6.07, 6.45) is 1.66. The first-order valence-corrected chi connectivity index (χ1v) is 9.21. The lowest BCUT2D eigenvalue weighted by molar-refractivity contribution is -0.120. The summed E-state index contributed by atoms with van der Waals surface area (Å²) in [7, 11) is 0. The molecule has 1 heterocycles. The van der Waals surface area contributed by atoms with Crippen molar-refractivity contribution in [2.75, 3.05) is 6.54 Å². The third-order valence-corrected chi connectivity index (χ3v) is 4.90. The highest BCUT2D eigenvalue weighted by atomic mass is 32.1. The molecular formula is C20H20N2O3S. The van der Waals surface area contributed by atoms with Gasteiger partial charge in [-0.2, -0.15) is 0 Å². The van der Waals surface area contributed by atoms with Crippen molar-refractivity contribution >= 4 is 17.2 Å². The fourth-order valence-electron chi connectivity index (χ4n) is 2.67. The largest absolute Gasteiger partial charge is 0.494 e. The molecule has 1 amide bonds. The van der Waals surface area contributed by atoms with Crippen LogP contribution in [0.1, 0.15) is 21.6 Å². The van der Waals surface area contributed by atoms with Gasteiger partial charge in [-0.05, 0) is 23.1 Å². The van der Waals surface area contributed by atoms with Crippen LogP contribution in [-0.4, -0.2) is 22.5 Å². The summed E-state index contributed by atoms with van der Waals surface area (Å²) >= 11 is 1.02. The van der Waals surface area contributed by atoms with E-state index in [1.165, 1.54) is 0 Å². The average molecular weight is 368 g/mol. The third kappa shape index (κ3) is 5.07. The van der Waals surface area contributed by atoms with Crippen molar-refractivity contribution in [2.45, 2.75) is 19.3 Å². The van der Waals surface area contributed by atoms with Crippen molar-refractivity contribution < 1.29 is 9.90 Å². The first kappa shape index (κ1) is 17.9. The molecular weight excluding hydrogens is 348 g/mol. The predicted octanol–water partition coefficient (Wildman–Crippen LogP) is 2.63. The smallest absolute Gasteiger partial charge is 0.307 e. The summed E-state index contributed by atoms with van der Waals surface area (Å²) in [5.41, 5.74) is 3.15. The molecule has 6 heteroatoms. The lowest BCUT2D eigenvalue weighted by atomic mass is 10.1. The highest BCUT2D eigenvalue weighted by Gasteiger charge is 2.08. The van der Waals surface area contributed by atoms with Gasteiger partial charge in [-0.3, -0.25) is 14.6 Å². The van der Waals surface area contributed by atoms with Gasteiger partial charge in [0.05, 0.1) is 11.3 Å². The van der Waals surface area contributed by atoms with Crippen molar-refractivity contribution in [3.05, 3.63) is 85.8 Å². The molecule has 3 aromatic rings. The maximum Gasteiger partial charge on any atom is 0.307 e. The molecule has 5 nitrogen and oxygen atoms in total. The Hall–Kier alpha value is -2.86. The van der Waals surface area contributed by atoms with Crippen LogP contribution >= 0.6 is 11.3 Å². The number of amides is 1. The number of aromatic nitrogens is 1. The van der Waals surface area contributed by atoms with Crippen molar-refractivity contribution in [2.24, 2.45) is 0 Å². The van der Waals surface area contributed by atoms with Crippen LogP contribution in [0.4, 0.5) is 0 Å². The van der Waals surface area contributed by atoms with Crippen LogP contribution in [0.3, 0.4) is 0 Å². The van der Waals surface area contributed by atoms with E-state index >= 15 is 0 Å². The fraction of sp³-hybridized carbons (Fsp3) is 0.200. The number of hydrogen-bond donors (Lipinski definition) is 3. The van der Waals surface area contributed by atoms with Gasteiger partial charge in [-0.15, -0.1) is 0 Å². The summed E-state index contributed by atoms with van der Waals surface area (Å²) in [5, 5.41) is 12.6. The topological polar surface area (TPSA) is 82.2 Å². The third-order valence-electron chi connectivity index (χ3n) is 4.03. The van der Waals surface area contributed by atoms with E-state index in [0.717, 1.165) is 34.4 Å². The quantitative estimate of drug-likeness (QED) is 0.600. The minimum atomic E-state index is -0.250. The van der Waals surface area contributed by atoms with E-state index in [1.54, 1.807) is 0 Å². The molecule has 0 aliphatic heterocycles. The second-order valence-corrected chi connectivity index (χ2v) is 7.11. The number of carbonyl (C=O) groups is 1. The summed E-state index contributed by atoms with van der Waals surface area (Å²) in [4.78, 5) is 25.9. The van der Waals surface area contributed by atoms with Gasteiger partial charge in [-0.1, -0.05) is 65.9 Å². The molecule has 0 atom stereocenters. The van der Waals surface area contributed by atoms with Crippen LogP contribution in [-0.2, 0) is 24.1 Å². The molecule has 0 aliphatic rings. The fourth-order valence-corrected chi connectivity index (χ4v) is 3.43. The molecule has 3 rings (SSSR count). The van der Waals surface area contributed by atoms with Gasteiger partial charge in [0, 0.05) is 13.0 Å². The van der Waals surface area contributed by atoms with Gasteiger partial charge in [0.15, 0.2) is 0 Å². The van der Waals surface area contributed by atoms with Crippen molar-refractivity contribution in [1.82, 2.24) is 10.3 Å². The van der Waals surface area contributed by atoms with Crippen molar-refractivity contribution in [1.29, 1.82) is 0 Å². The lowest BCUT2D eigenvalue weighted by Crippen LogP contribution is -2.27. The first-order chi connectivity index (χ1) is 12.6. The Balaban J connectivity index is 1.46. The number of aromatic amines is 1. The van der Waals surface area contributed by atoms with E-state index < -0.39 is 0 Å². The zero-order chi connectivity index (χ0) is 18.4. The molecule has 0 saturated carbocycles. The highest BCUT2D eigenvalue weighted by molar-refractivity contribution is 7.09. The zero-order valence-corrected chi connectivity index (χ0v) is 15.0. The molecule has 26 heavy (non-hydrogen) atoms. The molecule has 0 bridgehead atoms. The number of aromatic hydroxyl groups is 1. The Bertz CT molecular complexity index is 914. The Labute approximate surface area is 155 Å². The molecule has 0 aliphatic carbocycles. The van der Waals surface area contributed by atoms with Crippen LogP contribution < -0.4 is 10.2 Å². The summed E-state index contributed by atoms with van der Waals surface area (Å²) < 4.78 is 0. The molecule has 0 saturated heterocycles. The van der Waals surface area contributed by atoms with E-state index in [-0.39, 0.29) is 16.7 Å². The second kappa shape index (κ2) is 8.49. The Kier molecular flexibility index (Phi) is 5.86. The number of benzene rings is 2. The van der Waals surface area contributed by atoms with Crippen LogP contribution in [0.2, 0.25) is 0 Å². The van der Waals surface area contributed by atoms with E-state index in [4.69, 9.17) is 0 Å². The SMILES string of the molecule is O=C(Cc1ccccc1)NCCc1ccc(Cc2sc(=O)[nH]c2O)cc1. The minimum Gasteiger partial charge on any atom is -0.494 e. The summed E-state index contributed by atoms with van der Waals surface area (Å²) in [6, 6.07) is 17.6. The number of H-pyrrole nitrogens is 1. The number of thiazole rings is 1. The summed E-state index contributed by atoms with van der Waals surface area (Å²) in [6.45, 7) is 0.589. The predicted molar refractivity (Wildman–Crippen MR) is 103 cm³/mol. The molecule has 134 valence electrons. The highest BCUT2D eigenvalue weighted by Crippen LogP contribution is 2.20. The van der Waals surface area contributed by atoms with Gasteiger partial charge in [0.1, 0.15) is 0 Å². The van der Waals surface area contributed by atoms with Gasteiger partial charge in [0.25, 0.3) is 0 Å². The molecule has 1 aromatic heterocycles. The van der Waals surface area contributed by atoms with Crippen LogP contribution in [0, 0.1) is 0 Å². The minimum absolute atomic E-state index is 0.0191. The van der Waals surface area contributed by atoms with Crippen molar-refractivity contribution in [3.8, 4) is 5.88 Å². The molecule has 0 fully saturated rings. The standard InChI is InChI=1S/C20H20N2O3S/c23-18(13-15-4-2-1-3-5-15)21-11-10-14-6-8-16(9-7-14)12-17-19(24)22-20(25)26-17/h1-9,24H,10-13H2,(H,21,23)(H,22,25). The van der Waals surface area contributed by atoms with E-state index in [9.17, 15) is 14.7 Å². The number of hydrogen-bond acceptors (Lipinski definition) is 4. The summed E-state index contributed by atoms with van der Waals surface area (Å²) in [5.74, 6) is -0.0316. The Morgan fingerprint density at radius 1 is 1.00 bits per heavy atom. The molecule has 0 radical (unpaired) electrons. The first-order valence-electron chi connectivity index (χ1n) is 8.39. The molecule has 0 spiro atoms. The lowest BCUT2D eigenvalue weighted by Gasteiger charge is -2.06. The number of carbonyl (C=O) groups excluding carboxylic acids is 1. The van der Waals surface area contributed by atoms with Crippen LogP contribution in [0.25, 0.3) is 0 Å². The van der Waals surface area contributed by atoms with E-state index in [1.807, 2.05) is 54.6 Å². The van der Waals surface area contributed by atoms with Gasteiger partial charge in [-0.25, -0.2) is 0 Å². The van der Waals surface area contributed by atoms with E-state index in [0.29, 0.717) is 24.3 Å². The van der Waals surface area contributed by atoms with Crippen molar-refractivity contribution in [3.63, 3.8) is 0 Å². The normalized spacial score (nSPS) is 10.6. The number of nitrogens with one attached hydrogen (secondary N) is 2. The average Bonchev–Trinajstić information content (AvgIpc) is 2.94. The second-order valence-electron chi connectivity index (χ2n) is 6.04. The van der Waals surface area contributed by atoms with Gasteiger partial charge < -0.3 is 10.4 Å². The number of rotatable bonds is 7. The maximum atomic E-state index is 11.9. The zero-order valence-electron chi connectivity index (χ0n) is 14.2. The molecule has 0 unspecified atom stereocenters. The Morgan fingerprint density at radius 2 is 1.69 bits per heavy atom. The van der Waals surface area contributed by atoms with Crippen LogP contribution in [0.5, 0.6) is 5.88 Å². The van der Waals surface area contributed by atoms with Gasteiger partial charge in [0.2, 0.25) is 11.8 Å². The maximum absolute atomic E-state index is 11.9. The Morgan fingerprint density at radius 3 is 2.35 bits per heavy atom. The molecule has 2 aromatic carbocycles. The molecule has 3 N–H and O–H groups in total. The van der Waals surface area contributed by atoms with Gasteiger partial charge >= 0.3 is 4.87 Å². The van der Waals surface area contributed by atoms with Crippen LogP contribution in [0.15, 0.2) is 59.4 Å². The van der Waals surface area contributed by atoms with E-state index in [2.05, 4.69) is 10.3 Å².